The third-order valence-corrected chi connectivity index (χ3v) is 1.76. The lowest BCUT2D eigenvalue weighted by atomic mass is 10.6. The van der Waals surface area contributed by atoms with Gasteiger partial charge >= 0.3 is 11.4 Å². The lowest BCUT2D eigenvalue weighted by Gasteiger charge is -2.17. The molecule has 0 aliphatic carbocycles. The van der Waals surface area contributed by atoms with Gasteiger partial charge in [-0.05, 0) is 6.42 Å². The summed E-state index contributed by atoms with van der Waals surface area (Å²) >= 11 is -0.498. The number of halogens is 5. The Kier molecular flexibility index (Phi) is 3.60. The average Bonchev–Trinajstić information content (AvgIpc) is 1.81. The Morgan fingerprint density at radius 2 is 1.64 bits per heavy atom. The fraction of sp³-hybridized carbons (Fsp3) is 0.800. The van der Waals surface area contributed by atoms with E-state index in [1.54, 1.807) is 0 Å². The van der Waals surface area contributed by atoms with E-state index in [1.165, 1.54) is 6.92 Å². The van der Waals surface area contributed by atoms with Gasteiger partial charge in [-0.1, -0.05) is 18.7 Å². The molecular formula is C5H6F5S. The average molecular weight is 193 g/mol. The predicted octanol–water partition coefficient (Wildman–Crippen LogP) is 3.45. The first-order chi connectivity index (χ1) is 4.81. The summed E-state index contributed by atoms with van der Waals surface area (Å²) in [4.78, 5) is 0. The van der Waals surface area contributed by atoms with Crippen molar-refractivity contribution in [3.8, 4) is 0 Å². The summed E-state index contributed by atoms with van der Waals surface area (Å²) < 4.78 is 57.9. The van der Waals surface area contributed by atoms with E-state index in [0.29, 0.717) is 0 Å². The van der Waals surface area contributed by atoms with Crippen molar-refractivity contribution in [2.75, 3.05) is 0 Å². The topological polar surface area (TPSA) is 0 Å². The van der Waals surface area contributed by atoms with Gasteiger partial charge in [-0.3, -0.25) is 0 Å². The van der Waals surface area contributed by atoms with E-state index < -0.39 is 23.2 Å². The number of hydrogen-bond acceptors (Lipinski definition) is 1. The molecule has 0 bridgehead atoms. The Hall–Kier alpha value is -0.0000000000000000555. The van der Waals surface area contributed by atoms with Gasteiger partial charge in [0.2, 0.25) is 0 Å². The van der Waals surface area contributed by atoms with Gasteiger partial charge in [-0.15, -0.1) is 0 Å². The first kappa shape index (κ1) is 11.0. The normalized spacial score (nSPS) is 13.6. The lowest BCUT2D eigenvalue weighted by molar-refractivity contribution is -0.237. The minimum atomic E-state index is -5.46. The summed E-state index contributed by atoms with van der Waals surface area (Å²) in [5.74, 6) is 0.827. The molecule has 0 spiro atoms. The molecule has 0 heterocycles. The molecule has 0 unspecified atom stereocenters. The van der Waals surface area contributed by atoms with Gasteiger partial charge in [0, 0.05) is 5.75 Å². The van der Waals surface area contributed by atoms with Crippen molar-refractivity contribution in [3.05, 3.63) is 5.75 Å². The van der Waals surface area contributed by atoms with Crippen LogP contribution in [-0.4, -0.2) is 11.4 Å². The van der Waals surface area contributed by atoms with Gasteiger partial charge < -0.3 is 0 Å². The Bertz CT molecular complexity index is 119. The van der Waals surface area contributed by atoms with Gasteiger partial charge in [0.15, 0.2) is 0 Å². The second kappa shape index (κ2) is 3.60. The van der Waals surface area contributed by atoms with Crippen LogP contribution in [0.5, 0.6) is 0 Å². The summed E-state index contributed by atoms with van der Waals surface area (Å²) in [6, 6.07) is 0. The molecule has 0 aromatic heterocycles. The highest BCUT2D eigenvalue weighted by Gasteiger charge is 2.57. The first-order valence-electron chi connectivity index (χ1n) is 2.75. The Morgan fingerprint density at radius 3 is 1.91 bits per heavy atom. The molecule has 0 N–H and O–H groups in total. The number of thioether (sulfide) groups is 1. The monoisotopic (exact) mass is 193 g/mol. The van der Waals surface area contributed by atoms with E-state index in [1.807, 2.05) is 0 Å². The molecule has 0 rings (SSSR count). The van der Waals surface area contributed by atoms with Crippen LogP contribution in [0.15, 0.2) is 0 Å². The van der Waals surface area contributed by atoms with Gasteiger partial charge in [0.05, 0.1) is 0 Å². The van der Waals surface area contributed by atoms with Crippen LogP contribution in [-0.2, 0) is 0 Å². The standard InChI is InChI=1S/C5H6F5S/c1-2-3-11-5(9,10)4(6,7)8/h3H,2H2,1H3. The van der Waals surface area contributed by atoms with Crippen molar-refractivity contribution >= 4 is 11.8 Å². The third kappa shape index (κ3) is 3.27. The van der Waals surface area contributed by atoms with Crippen molar-refractivity contribution in [2.24, 2.45) is 0 Å². The summed E-state index contributed by atoms with van der Waals surface area (Å²) in [6.45, 7) is 1.49. The highest BCUT2D eigenvalue weighted by Crippen LogP contribution is 2.45. The Balaban J connectivity index is 4.00. The van der Waals surface area contributed by atoms with Crippen LogP contribution in [0.2, 0.25) is 0 Å². The zero-order valence-corrected chi connectivity index (χ0v) is 6.40. The molecule has 0 aliphatic heterocycles. The maximum atomic E-state index is 11.9. The molecule has 0 aliphatic rings. The van der Waals surface area contributed by atoms with Gasteiger partial charge in [-0.2, -0.15) is 22.0 Å². The molecule has 6 heteroatoms. The van der Waals surface area contributed by atoms with Crippen LogP contribution in [0.3, 0.4) is 0 Å². The van der Waals surface area contributed by atoms with E-state index >= 15 is 0 Å². The van der Waals surface area contributed by atoms with Crippen LogP contribution in [0.4, 0.5) is 22.0 Å². The lowest BCUT2D eigenvalue weighted by Crippen LogP contribution is -2.32. The molecule has 0 saturated heterocycles. The number of hydrogen-bond donors (Lipinski definition) is 0. The highest BCUT2D eigenvalue weighted by molar-refractivity contribution is 8.02. The van der Waals surface area contributed by atoms with Crippen LogP contribution >= 0.6 is 11.8 Å². The molecule has 0 nitrogen and oxygen atoms in total. The second-order valence-electron chi connectivity index (χ2n) is 1.71. The maximum Gasteiger partial charge on any atom is 0.464 e. The van der Waals surface area contributed by atoms with Gasteiger partial charge in [-0.25, -0.2) is 0 Å². The van der Waals surface area contributed by atoms with E-state index in [-0.39, 0.29) is 6.42 Å². The summed E-state index contributed by atoms with van der Waals surface area (Å²) in [5, 5.41) is -4.65. The fourth-order valence-electron chi connectivity index (χ4n) is 0.255. The molecule has 0 amide bonds. The van der Waals surface area contributed by atoms with Crippen molar-refractivity contribution < 1.29 is 22.0 Å². The van der Waals surface area contributed by atoms with Gasteiger partial charge in [0.1, 0.15) is 0 Å². The number of rotatable bonds is 3. The van der Waals surface area contributed by atoms with Crippen LogP contribution in [0, 0.1) is 5.75 Å². The zero-order valence-electron chi connectivity index (χ0n) is 5.58. The minimum Gasteiger partial charge on any atom is -0.184 e. The smallest absolute Gasteiger partial charge is 0.184 e. The molecule has 0 atom stereocenters. The third-order valence-electron chi connectivity index (χ3n) is 0.728. The first-order valence-corrected chi connectivity index (χ1v) is 3.63. The minimum absolute atomic E-state index is 0.177. The van der Waals surface area contributed by atoms with E-state index in [4.69, 9.17) is 0 Å². The Labute approximate surface area is 65.1 Å². The quantitative estimate of drug-likeness (QED) is 0.618. The molecule has 0 aromatic rings. The van der Waals surface area contributed by atoms with Crippen molar-refractivity contribution in [2.45, 2.75) is 24.8 Å². The van der Waals surface area contributed by atoms with E-state index in [2.05, 4.69) is 0 Å². The second-order valence-corrected chi connectivity index (χ2v) is 2.79. The molecular weight excluding hydrogens is 187 g/mol. The van der Waals surface area contributed by atoms with E-state index in [0.717, 1.165) is 5.75 Å². The molecule has 0 saturated carbocycles. The summed E-state index contributed by atoms with van der Waals surface area (Å²) in [5.41, 5.74) is 0. The molecule has 67 valence electrons. The van der Waals surface area contributed by atoms with Crippen LogP contribution in [0.25, 0.3) is 0 Å². The van der Waals surface area contributed by atoms with E-state index in [9.17, 15) is 22.0 Å². The van der Waals surface area contributed by atoms with Crippen molar-refractivity contribution in [1.29, 1.82) is 0 Å². The van der Waals surface area contributed by atoms with Gasteiger partial charge in [0.25, 0.3) is 0 Å². The van der Waals surface area contributed by atoms with Crippen molar-refractivity contribution in [1.82, 2.24) is 0 Å². The zero-order chi connectivity index (χ0) is 9.12. The SMILES string of the molecule is CC[CH]SC(F)(F)C(F)(F)F. The predicted molar refractivity (Wildman–Crippen MR) is 33.2 cm³/mol. The van der Waals surface area contributed by atoms with Crippen molar-refractivity contribution in [3.63, 3.8) is 0 Å². The summed E-state index contributed by atoms with van der Waals surface area (Å²) in [6.07, 6.45) is -5.28. The largest absolute Gasteiger partial charge is 0.464 e. The molecule has 11 heavy (non-hydrogen) atoms. The highest BCUT2D eigenvalue weighted by atomic mass is 32.2. The molecule has 0 fully saturated rings. The fourth-order valence-corrected chi connectivity index (χ4v) is 0.764. The number of alkyl halides is 5. The maximum absolute atomic E-state index is 11.9. The molecule has 0 aromatic carbocycles. The Morgan fingerprint density at radius 1 is 1.18 bits per heavy atom. The van der Waals surface area contributed by atoms with Crippen LogP contribution in [0.1, 0.15) is 13.3 Å². The molecule has 1 radical (unpaired) electrons. The van der Waals surface area contributed by atoms with Crippen LogP contribution < -0.4 is 0 Å². The summed E-state index contributed by atoms with van der Waals surface area (Å²) in [7, 11) is 0.